The highest BCUT2D eigenvalue weighted by atomic mass is 35.5. The fourth-order valence-electron chi connectivity index (χ4n) is 2.53. The predicted octanol–water partition coefficient (Wildman–Crippen LogP) is 2.85. The summed E-state index contributed by atoms with van der Waals surface area (Å²) in [6, 6.07) is 0. The molecule has 0 aromatic rings. The summed E-state index contributed by atoms with van der Waals surface area (Å²) in [5.74, 6) is -1.26. The van der Waals surface area contributed by atoms with Crippen molar-refractivity contribution in [3.05, 3.63) is 23.3 Å². The standard InChI is InChI=1S/C10H10ClF3O/c11-4-7(10(12,13)14)8-5-1-2-6(3-5)9(8)15/h1-2,4-6,8-9,15H,3H2/b7-4-/t5-,6+,8-,9-/m0/s1. The maximum Gasteiger partial charge on any atom is 0.413 e. The van der Waals surface area contributed by atoms with Crippen molar-refractivity contribution in [1.82, 2.24) is 0 Å². The number of aliphatic hydroxyl groups excluding tert-OH is 1. The van der Waals surface area contributed by atoms with Gasteiger partial charge in [-0.3, -0.25) is 0 Å². The predicted molar refractivity (Wildman–Crippen MR) is 50.2 cm³/mol. The molecule has 1 N–H and O–H groups in total. The zero-order valence-electron chi connectivity index (χ0n) is 7.71. The van der Waals surface area contributed by atoms with Crippen LogP contribution in [0.2, 0.25) is 0 Å². The molecule has 0 radical (unpaired) electrons. The minimum Gasteiger partial charge on any atom is -0.392 e. The lowest BCUT2D eigenvalue weighted by atomic mass is 9.85. The van der Waals surface area contributed by atoms with Crippen molar-refractivity contribution in [3.63, 3.8) is 0 Å². The van der Waals surface area contributed by atoms with Crippen LogP contribution in [-0.2, 0) is 0 Å². The minimum atomic E-state index is -4.45. The highest BCUT2D eigenvalue weighted by molar-refractivity contribution is 6.25. The summed E-state index contributed by atoms with van der Waals surface area (Å²) in [7, 11) is 0. The summed E-state index contributed by atoms with van der Waals surface area (Å²) in [6.07, 6.45) is -1.28. The summed E-state index contributed by atoms with van der Waals surface area (Å²) in [4.78, 5) is 0. The smallest absolute Gasteiger partial charge is 0.392 e. The van der Waals surface area contributed by atoms with Crippen LogP contribution in [-0.4, -0.2) is 17.4 Å². The van der Waals surface area contributed by atoms with Gasteiger partial charge in [-0.25, -0.2) is 0 Å². The van der Waals surface area contributed by atoms with E-state index in [1.165, 1.54) is 0 Å². The lowest BCUT2D eigenvalue weighted by molar-refractivity contribution is -0.105. The first kappa shape index (κ1) is 11.0. The molecule has 2 rings (SSSR count). The Bertz CT molecular complexity index is 321. The quantitative estimate of drug-likeness (QED) is 0.697. The molecule has 0 heterocycles. The van der Waals surface area contributed by atoms with E-state index in [-0.39, 0.29) is 11.8 Å². The van der Waals surface area contributed by atoms with Gasteiger partial charge in [0.15, 0.2) is 0 Å². The van der Waals surface area contributed by atoms with E-state index in [4.69, 9.17) is 11.6 Å². The van der Waals surface area contributed by atoms with Crippen molar-refractivity contribution in [2.45, 2.75) is 18.7 Å². The Balaban J connectivity index is 2.28. The summed E-state index contributed by atoms with van der Waals surface area (Å²) in [5, 5.41) is 9.69. The van der Waals surface area contributed by atoms with Crippen molar-refractivity contribution in [2.24, 2.45) is 17.8 Å². The van der Waals surface area contributed by atoms with Crippen LogP contribution in [0.15, 0.2) is 23.3 Å². The molecule has 0 aromatic heterocycles. The van der Waals surface area contributed by atoms with E-state index in [0.29, 0.717) is 12.0 Å². The summed E-state index contributed by atoms with van der Waals surface area (Å²) < 4.78 is 37.7. The second-order valence-corrected chi connectivity index (χ2v) is 4.25. The van der Waals surface area contributed by atoms with Crippen LogP contribution in [0, 0.1) is 17.8 Å². The van der Waals surface area contributed by atoms with Gasteiger partial charge < -0.3 is 5.11 Å². The molecule has 5 heteroatoms. The highest BCUT2D eigenvalue weighted by Gasteiger charge is 2.51. The Morgan fingerprint density at radius 2 is 1.93 bits per heavy atom. The molecule has 1 nitrogen and oxygen atoms in total. The monoisotopic (exact) mass is 238 g/mol. The number of rotatable bonds is 1. The molecule has 2 aliphatic carbocycles. The lowest BCUT2D eigenvalue weighted by Gasteiger charge is -2.27. The van der Waals surface area contributed by atoms with Gasteiger partial charge in [0.2, 0.25) is 0 Å². The zero-order chi connectivity index (χ0) is 11.2. The minimum absolute atomic E-state index is 0.144. The topological polar surface area (TPSA) is 20.2 Å². The Morgan fingerprint density at radius 3 is 2.33 bits per heavy atom. The molecule has 2 aliphatic rings. The van der Waals surface area contributed by atoms with E-state index >= 15 is 0 Å². The van der Waals surface area contributed by atoms with Crippen LogP contribution in [0.1, 0.15) is 6.42 Å². The van der Waals surface area contributed by atoms with E-state index in [2.05, 4.69) is 0 Å². The third kappa shape index (κ3) is 1.70. The molecule has 0 saturated heterocycles. The number of alkyl halides is 3. The Labute approximate surface area is 90.2 Å². The number of halogens is 4. The molecule has 84 valence electrons. The van der Waals surface area contributed by atoms with Crippen LogP contribution in [0.3, 0.4) is 0 Å². The van der Waals surface area contributed by atoms with Gasteiger partial charge in [-0.15, -0.1) is 0 Å². The highest BCUT2D eigenvalue weighted by Crippen LogP contribution is 2.50. The third-order valence-corrected chi connectivity index (χ3v) is 3.46. The average molecular weight is 239 g/mol. The van der Waals surface area contributed by atoms with Gasteiger partial charge in [0.1, 0.15) is 0 Å². The Morgan fingerprint density at radius 1 is 1.33 bits per heavy atom. The van der Waals surface area contributed by atoms with Crippen LogP contribution >= 0.6 is 11.6 Å². The van der Waals surface area contributed by atoms with Crippen molar-refractivity contribution in [3.8, 4) is 0 Å². The van der Waals surface area contributed by atoms with Crippen molar-refractivity contribution >= 4 is 11.6 Å². The molecule has 0 spiro atoms. The fraction of sp³-hybridized carbons (Fsp3) is 0.600. The number of allylic oxidation sites excluding steroid dienone is 1. The van der Waals surface area contributed by atoms with E-state index in [1.54, 1.807) is 12.2 Å². The number of aliphatic hydroxyl groups is 1. The first-order chi connectivity index (χ1) is 6.95. The van der Waals surface area contributed by atoms with E-state index in [0.717, 1.165) is 0 Å². The molecule has 0 unspecified atom stereocenters. The fourth-order valence-corrected chi connectivity index (χ4v) is 2.80. The van der Waals surface area contributed by atoms with E-state index < -0.39 is 23.8 Å². The normalized spacial score (nSPS) is 40.2. The lowest BCUT2D eigenvalue weighted by Crippen LogP contribution is -2.32. The zero-order valence-corrected chi connectivity index (χ0v) is 8.46. The van der Waals surface area contributed by atoms with Gasteiger partial charge >= 0.3 is 6.18 Å². The molecule has 2 bridgehead atoms. The van der Waals surface area contributed by atoms with Crippen LogP contribution in [0.25, 0.3) is 0 Å². The molecule has 1 fully saturated rings. The molecule has 1 saturated carbocycles. The third-order valence-electron chi connectivity index (χ3n) is 3.22. The Kier molecular flexibility index (Phi) is 2.59. The number of fused-ring (bicyclic) bond motifs is 2. The molecule has 15 heavy (non-hydrogen) atoms. The summed E-state index contributed by atoms with van der Waals surface area (Å²) in [6.45, 7) is 0. The van der Waals surface area contributed by atoms with Gasteiger partial charge in [-0.2, -0.15) is 13.2 Å². The SMILES string of the molecule is O[C@@H]1[C@H](/C(=C/Cl)C(F)(F)F)[C@H]2C=C[C@@H]1C2. The maximum atomic E-state index is 12.6. The molecule has 0 aromatic carbocycles. The van der Waals surface area contributed by atoms with Crippen molar-refractivity contribution in [1.29, 1.82) is 0 Å². The van der Waals surface area contributed by atoms with E-state index in [1.807, 2.05) is 0 Å². The van der Waals surface area contributed by atoms with Gasteiger partial charge in [0, 0.05) is 17.4 Å². The Hall–Kier alpha value is -0.480. The van der Waals surface area contributed by atoms with Crippen molar-refractivity contribution < 1.29 is 18.3 Å². The number of hydrogen-bond donors (Lipinski definition) is 1. The van der Waals surface area contributed by atoms with Crippen LogP contribution in [0.4, 0.5) is 13.2 Å². The summed E-state index contributed by atoms with van der Waals surface area (Å²) >= 11 is 5.22. The molecular weight excluding hydrogens is 229 g/mol. The second kappa shape index (κ2) is 3.52. The van der Waals surface area contributed by atoms with Gasteiger partial charge in [-0.05, 0) is 12.3 Å². The van der Waals surface area contributed by atoms with Crippen LogP contribution < -0.4 is 0 Å². The molecular formula is C10H10ClF3O. The van der Waals surface area contributed by atoms with Crippen molar-refractivity contribution in [2.75, 3.05) is 0 Å². The number of hydrogen-bond acceptors (Lipinski definition) is 1. The van der Waals surface area contributed by atoms with Gasteiger partial charge in [0.25, 0.3) is 0 Å². The average Bonchev–Trinajstić information content (AvgIpc) is 2.67. The summed E-state index contributed by atoms with van der Waals surface area (Å²) in [5.41, 5.74) is -0.254. The molecule has 0 aliphatic heterocycles. The molecule has 0 amide bonds. The first-order valence-electron chi connectivity index (χ1n) is 4.69. The molecule has 4 atom stereocenters. The maximum absolute atomic E-state index is 12.6. The van der Waals surface area contributed by atoms with Gasteiger partial charge in [0.05, 0.1) is 11.7 Å². The van der Waals surface area contributed by atoms with Gasteiger partial charge in [-0.1, -0.05) is 23.8 Å². The van der Waals surface area contributed by atoms with E-state index in [9.17, 15) is 18.3 Å². The largest absolute Gasteiger partial charge is 0.413 e. The van der Waals surface area contributed by atoms with Crippen LogP contribution in [0.5, 0.6) is 0 Å². The second-order valence-electron chi connectivity index (χ2n) is 4.03. The first-order valence-corrected chi connectivity index (χ1v) is 5.12.